The Morgan fingerprint density at radius 2 is 2.10 bits per heavy atom. The number of amides is 2. The number of aryl methyl sites for hydroxylation is 1. The van der Waals surface area contributed by atoms with Gasteiger partial charge in [-0.15, -0.1) is 0 Å². The zero-order valence-electron chi connectivity index (χ0n) is 17.5. The van der Waals surface area contributed by atoms with Gasteiger partial charge in [0.15, 0.2) is 0 Å². The molecule has 3 aliphatic rings. The van der Waals surface area contributed by atoms with Gasteiger partial charge >= 0.3 is 0 Å². The lowest BCUT2D eigenvalue weighted by molar-refractivity contribution is -0.170. The van der Waals surface area contributed by atoms with Crippen molar-refractivity contribution in [1.82, 2.24) is 19.8 Å². The average Bonchev–Trinajstić information content (AvgIpc) is 3.47. The molecule has 2 amide bonds. The fraction of sp³-hybridized carbons (Fsp3) is 0.762. The number of nitrogens with zero attached hydrogens (tertiary/aromatic N) is 3. The first-order chi connectivity index (χ1) is 14.5. The molecule has 3 fully saturated rings. The second kappa shape index (κ2) is 9.45. The van der Waals surface area contributed by atoms with Crippen LogP contribution >= 0.6 is 0 Å². The smallest absolute Gasteiger partial charge is 0.226 e. The number of imidazole rings is 1. The Morgan fingerprint density at radius 1 is 1.27 bits per heavy atom. The Kier molecular flexibility index (Phi) is 6.70. The molecular weight excluding hydrogens is 388 g/mol. The normalized spacial score (nSPS) is 29.6. The van der Waals surface area contributed by atoms with Gasteiger partial charge in [-0.3, -0.25) is 9.59 Å². The molecule has 0 spiro atoms. The first kappa shape index (κ1) is 21.3. The van der Waals surface area contributed by atoms with Crippen molar-refractivity contribution in [3.63, 3.8) is 0 Å². The number of hydrogen-bond donors (Lipinski definition) is 2. The zero-order valence-corrected chi connectivity index (χ0v) is 17.5. The van der Waals surface area contributed by atoms with Gasteiger partial charge in [0.1, 0.15) is 6.10 Å². The molecule has 9 heteroatoms. The Morgan fingerprint density at radius 3 is 2.83 bits per heavy atom. The van der Waals surface area contributed by atoms with Crippen molar-refractivity contribution < 1.29 is 24.2 Å². The Hall–Kier alpha value is -1.97. The van der Waals surface area contributed by atoms with Crippen LogP contribution in [0.4, 0.5) is 0 Å². The van der Waals surface area contributed by atoms with Crippen LogP contribution in [0.25, 0.3) is 0 Å². The van der Waals surface area contributed by atoms with Crippen LogP contribution in [0.5, 0.6) is 0 Å². The van der Waals surface area contributed by atoms with Gasteiger partial charge in [0.05, 0.1) is 49.9 Å². The van der Waals surface area contributed by atoms with Crippen molar-refractivity contribution in [3.05, 3.63) is 18.2 Å². The number of hydrogen-bond acceptors (Lipinski definition) is 6. The van der Waals surface area contributed by atoms with E-state index in [2.05, 4.69) is 10.3 Å². The summed E-state index contributed by atoms with van der Waals surface area (Å²) in [4.78, 5) is 31.2. The molecule has 0 radical (unpaired) electrons. The Bertz CT molecular complexity index is 750. The van der Waals surface area contributed by atoms with Crippen LogP contribution in [0.1, 0.15) is 37.8 Å². The highest BCUT2D eigenvalue weighted by Crippen LogP contribution is 2.35. The van der Waals surface area contributed by atoms with E-state index in [0.717, 1.165) is 25.0 Å². The molecule has 2 aliphatic heterocycles. The molecule has 1 aliphatic carbocycles. The van der Waals surface area contributed by atoms with Gasteiger partial charge in [-0.25, -0.2) is 4.98 Å². The maximum Gasteiger partial charge on any atom is 0.226 e. The van der Waals surface area contributed by atoms with E-state index < -0.39 is 6.10 Å². The summed E-state index contributed by atoms with van der Waals surface area (Å²) in [6.45, 7) is 1.35. The molecule has 0 aromatic carbocycles. The van der Waals surface area contributed by atoms with Crippen LogP contribution in [-0.4, -0.2) is 82.0 Å². The van der Waals surface area contributed by atoms with Gasteiger partial charge in [0.2, 0.25) is 11.8 Å². The lowest BCUT2D eigenvalue weighted by Gasteiger charge is -2.44. The minimum absolute atomic E-state index is 0.0394. The molecule has 1 saturated carbocycles. The molecule has 9 nitrogen and oxygen atoms in total. The molecule has 1 aromatic rings. The van der Waals surface area contributed by atoms with E-state index in [1.807, 2.05) is 22.7 Å². The largest absolute Gasteiger partial charge is 0.389 e. The summed E-state index contributed by atoms with van der Waals surface area (Å²) in [6.07, 6.45) is 6.88. The number of aliphatic hydroxyl groups is 1. The van der Waals surface area contributed by atoms with Gasteiger partial charge in [-0.2, -0.15) is 0 Å². The lowest BCUT2D eigenvalue weighted by Crippen LogP contribution is -2.58. The van der Waals surface area contributed by atoms with Crippen molar-refractivity contribution in [2.24, 2.45) is 13.0 Å². The number of fused-ring (bicyclic) bond motifs is 1. The number of carbonyl (C=O) groups excluding carboxylic acids is 2. The van der Waals surface area contributed by atoms with E-state index in [1.54, 1.807) is 6.33 Å². The van der Waals surface area contributed by atoms with Crippen molar-refractivity contribution >= 4 is 11.8 Å². The monoisotopic (exact) mass is 420 g/mol. The number of aliphatic hydroxyl groups excluding tert-OH is 1. The molecule has 166 valence electrons. The number of rotatable bonds is 6. The van der Waals surface area contributed by atoms with E-state index in [1.165, 1.54) is 0 Å². The number of nitrogens with one attached hydrogen (secondary N) is 1. The number of aromatic nitrogens is 2. The van der Waals surface area contributed by atoms with Crippen molar-refractivity contribution in [2.45, 2.75) is 62.9 Å². The highest BCUT2D eigenvalue weighted by molar-refractivity contribution is 5.81. The molecular formula is C21H32N4O5. The zero-order chi connectivity index (χ0) is 21.1. The Balaban J connectivity index is 1.28. The van der Waals surface area contributed by atoms with Crippen LogP contribution in [0.2, 0.25) is 0 Å². The van der Waals surface area contributed by atoms with E-state index >= 15 is 0 Å². The SMILES string of the molecule is Cn1cnc(CCNC(=O)C[C@@H]2CC[C@H]3[C@@H](COC[C@H](O)CN3C(=O)C3CC3)O2)c1. The van der Waals surface area contributed by atoms with Gasteiger partial charge < -0.3 is 29.4 Å². The molecule has 1 aromatic heterocycles. The molecule has 2 saturated heterocycles. The van der Waals surface area contributed by atoms with Crippen molar-refractivity contribution in [2.75, 3.05) is 26.3 Å². The molecule has 0 unspecified atom stereocenters. The first-order valence-electron chi connectivity index (χ1n) is 10.9. The fourth-order valence-electron chi connectivity index (χ4n) is 4.36. The van der Waals surface area contributed by atoms with Gasteiger partial charge in [0, 0.05) is 38.7 Å². The van der Waals surface area contributed by atoms with Crippen LogP contribution in [-0.2, 0) is 32.5 Å². The molecule has 4 rings (SSSR count). The van der Waals surface area contributed by atoms with Crippen LogP contribution in [0, 0.1) is 5.92 Å². The topological polar surface area (TPSA) is 106 Å². The molecule has 4 atom stereocenters. The van der Waals surface area contributed by atoms with Gasteiger partial charge in [-0.05, 0) is 25.7 Å². The van der Waals surface area contributed by atoms with E-state index in [9.17, 15) is 14.7 Å². The van der Waals surface area contributed by atoms with Crippen LogP contribution < -0.4 is 5.32 Å². The Labute approximate surface area is 176 Å². The number of β-amino-alcohol motifs (C(OH)–C–C–N with tert-alkyl or cyclic N) is 1. The minimum Gasteiger partial charge on any atom is -0.389 e. The summed E-state index contributed by atoms with van der Waals surface area (Å²) in [5.74, 6) is 0.184. The minimum atomic E-state index is -0.670. The second-order valence-corrected chi connectivity index (χ2v) is 8.73. The summed E-state index contributed by atoms with van der Waals surface area (Å²) in [5.41, 5.74) is 0.948. The van der Waals surface area contributed by atoms with Crippen LogP contribution in [0.15, 0.2) is 12.5 Å². The second-order valence-electron chi connectivity index (χ2n) is 8.73. The summed E-state index contributed by atoms with van der Waals surface area (Å²) in [6, 6.07) is -0.100. The maximum atomic E-state index is 12.8. The third-order valence-corrected chi connectivity index (χ3v) is 6.07. The standard InChI is InChI=1S/C21H32N4O5/c1-24-9-15(23-13-24)6-7-22-20(27)8-17-4-5-18-19(30-17)12-29-11-16(26)10-25(18)21(28)14-2-3-14/h9,13-14,16-19,26H,2-8,10-12H2,1H3,(H,22,27)/t16-,17+,18+,19-/m1/s1. The molecule has 30 heavy (non-hydrogen) atoms. The summed E-state index contributed by atoms with van der Waals surface area (Å²) >= 11 is 0. The third-order valence-electron chi connectivity index (χ3n) is 6.07. The number of carbonyl (C=O) groups is 2. The highest BCUT2D eigenvalue weighted by atomic mass is 16.5. The number of ether oxygens (including phenoxy) is 2. The van der Waals surface area contributed by atoms with Gasteiger partial charge in [0.25, 0.3) is 0 Å². The quantitative estimate of drug-likeness (QED) is 0.672. The van der Waals surface area contributed by atoms with Crippen LogP contribution in [0.3, 0.4) is 0 Å². The predicted molar refractivity (Wildman–Crippen MR) is 107 cm³/mol. The van der Waals surface area contributed by atoms with Crippen molar-refractivity contribution in [3.8, 4) is 0 Å². The maximum absolute atomic E-state index is 12.8. The first-order valence-corrected chi connectivity index (χ1v) is 10.9. The molecule has 3 heterocycles. The predicted octanol–water partition coefficient (Wildman–Crippen LogP) is 0.0148. The summed E-state index contributed by atoms with van der Waals surface area (Å²) in [7, 11) is 1.92. The molecule has 0 bridgehead atoms. The average molecular weight is 421 g/mol. The third kappa shape index (κ3) is 5.39. The highest BCUT2D eigenvalue weighted by Gasteiger charge is 2.43. The summed E-state index contributed by atoms with van der Waals surface area (Å²) in [5, 5.41) is 13.1. The summed E-state index contributed by atoms with van der Waals surface area (Å²) < 4.78 is 13.7. The van der Waals surface area contributed by atoms with Gasteiger partial charge in [-0.1, -0.05) is 0 Å². The lowest BCUT2D eigenvalue weighted by atomic mass is 9.94. The molecule has 2 N–H and O–H groups in total. The van der Waals surface area contributed by atoms with E-state index in [4.69, 9.17) is 9.47 Å². The van der Waals surface area contributed by atoms with E-state index in [0.29, 0.717) is 39.0 Å². The van der Waals surface area contributed by atoms with Crippen molar-refractivity contribution in [1.29, 1.82) is 0 Å². The van der Waals surface area contributed by atoms with E-state index in [-0.39, 0.29) is 42.6 Å². The fourth-order valence-corrected chi connectivity index (χ4v) is 4.36.